The number of rotatable bonds is 27. The van der Waals surface area contributed by atoms with Gasteiger partial charge in [0.15, 0.2) is 0 Å². The molecule has 1 aliphatic heterocycles. The fourth-order valence-electron chi connectivity index (χ4n) is 8.36. The first-order valence-electron chi connectivity index (χ1n) is 24.0. The highest BCUT2D eigenvalue weighted by atomic mass is 35.5. The van der Waals surface area contributed by atoms with Crippen LogP contribution in [0.25, 0.3) is 44.4 Å². The Balaban J connectivity index is 0.674. The van der Waals surface area contributed by atoms with Gasteiger partial charge in [-0.2, -0.15) is 5.10 Å². The number of H-pyrrole nitrogens is 1. The summed E-state index contributed by atoms with van der Waals surface area (Å²) in [5, 5.41) is 33.8. The number of carbonyl (C=O) groups is 4. The zero-order valence-electron chi connectivity index (χ0n) is 40.5. The molecule has 6 aromatic rings. The van der Waals surface area contributed by atoms with E-state index in [0.717, 1.165) is 50.0 Å². The van der Waals surface area contributed by atoms with Gasteiger partial charge in [0.1, 0.15) is 23.9 Å². The zero-order chi connectivity index (χ0) is 51.7. The minimum absolute atomic E-state index is 0.0884. The highest BCUT2D eigenvalue weighted by Gasteiger charge is 2.28. The lowest BCUT2D eigenvalue weighted by molar-refractivity contribution is -0.135. The first-order chi connectivity index (χ1) is 35.4. The minimum atomic E-state index is -0.556. The monoisotopic (exact) mass is 1040 g/mol. The van der Waals surface area contributed by atoms with Crippen molar-refractivity contribution in [1.82, 2.24) is 45.6 Å². The average molecular weight is 1040 g/mol. The maximum atomic E-state index is 12.8. The predicted molar refractivity (Wildman–Crippen MR) is 275 cm³/mol. The maximum Gasteiger partial charge on any atom is 0.269 e. The molecule has 0 saturated carbocycles. The van der Waals surface area contributed by atoms with Crippen LogP contribution >= 0.6 is 23.2 Å². The zero-order valence-corrected chi connectivity index (χ0v) is 42.0. The second-order valence-electron chi connectivity index (χ2n) is 16.9. The second kappa shape index (κ2) is 26.9. The number of aromatic nitrogens is 5. The topological polar surface area (TPSA) is 270 Å². The number of aromatic amines is 1. The Morgan fingerprint density at radius 1 is 0.795 bits per heavy atom. The Bertz CT molecular complexity index is 2840. The Labute approximate surface area is 431 Å². The highest BCUT2D eigenvalue weighted by Crippen LogP contribution is 2.42. The Morgan fingerprint density at radius 2 is 1.48 bits per heavy atom. The van der Waals surface area contributed by atoms with E-state index in [2.05, 4.69) is 30.9 Å². The van der Waals surface area contributed by atoms with Crippen LogP contribution in [0.15, 0.2) is 67.1 Å². The van der Waals surface area contributed by atoms with E-state index in [4.69, 9.17) is 53.0 Å². The van der Waals surface area contributed by atoms with Crippen LogP contribution in [0.2, 0.25) is 10.0 Å². The number of anilines is 1. The molecule has 73 heavy (non-hydrogen) atoms. The van der Waals surface area contributed by atoms with Crippen LogP contribution in [0.3, 0.4) is 0 Å². The number of nitrogen functional groups attached to an aromatic ring is 1. The average Bonchev–Trinajstić information content (AvgIpc) is 4.04. The van der Waals surface area contributed by atoms with Gasteiger partial charge in [0.2, 0.25) is 17.7 Å². The number of pyridine rings is 2. The van der Waals surface area contributed by atoms with E-state index in [1.165, 1.54) is 0 Å². The van der Waals surface area contributed by atoms with Crippen LogP contribution in [0.4, 0.5) is 5.82 Å². The third-order valence-corrected chi connectivity index (χ3v) is 12.8. The molecule has 8 N–H and O–H groups in total. The van der Waals surface area contributed by atoms with Crippen molar-refractivity contribution in [3.8, 4) is 39.3 Å². The summed E-state index contributed by atoms with van der Waals surface area (Å²) in [4.78, 5) is 63.5. The summed E-state index contributed by atoms with van der Waals surface area (Å²) in [7, 11) is 0. The van der Waals surface area contributed by atoms with Gasteiger partial charge in [-0.3, -0.25) is 28.8 Å². The molecule has 0 radical (unpaired) electrons. The summed E-state index contributed by atoms with van der Waals surface area (Å²) in [5.74, 6) is -0.586. The lowest BCUT2D eigenvalue weighted by Crippen LogP contribution is -2.37. The van der Waals surface area contributed by atoms with Crippen LogP contribution in [0, 0.1) is 0 Å². The molecule has 2 aromatic carbocycles. The quantitative estimate of drug-likeness (QED) is 0.0345. The number of hydrogen-bond donors (Lipinski definition) is 7. The molecule has 22 heteroatoms. The number of fused-ring (bicyclic) bond motifs is 3. The molecule has 0 aliphatic carbocycles. The first kappa shape index (κ1) is 54.1. The van der Waals surface area contributed by atoms with Gasteiger partial charge < -0.3 is 60.7 Å². The van der Waals surface area contributed by atoms with E-state index in [1.807, 2.05) is 19.2 Å². The van der Waals surface area contributed by atoms with Gasteiger partial charge in [-0.05, 0) is 47.9 Å². The number of hydrogen-bond acceptors (Lipinski definition) is 14. The van der Waals surface area contributed by atoms with Crippen molar-refractivity contribution in [2.45, 2.75) is 45.7 Å². The molecule has 1 aliphatic rings. The normalized spacial score (nSPS) is 12.2. The Morgan fingerprint density at radius 3 is 2.18 bits per heavy atom. The largest absolute Gasteiger partial charge is 0.508 e. The van der Waals surface area contributed by atoms with Crippen molar-refractivity contribution in [2.75, 3.05) is 91.4 Å². The molecule has 0 atom stereocenters. The Kier molecular flexibility index (Phi) is 19.9. The molecule has 5 heterocycles. The summed E-state index contributed by atoms with van der Waals surface area (Å²) in [6.07, 6.45) is 6.66. The van der Waals surface area contributed by atoms with Crippen LogP contribution in [-0.2, 0) is 59.3 Å². The first-order valence-corrected chi connectivity index (χ1v) is 24.8. The van der Waals surface area contributed by atoms with Crippen LogP contribution < -0.4 is 21.7 Å². The summed E-state index contributed by atoms with van der Waals surface area (Å²) >= 11 is 13.1. The third kappa shape index (κ3) is 14.5. The predicted octanol–water partition coefficient (Wildman–Crippen LogP) is 4.70. The molecule has 4 amide bonds. The van der Waals surface area contributed by atoms with Crippen molar-refractivity contribution in [3.63, 3.8) is 0 Å². The lowest BCUT2D eigenvalue weighted by atomic mass is 9.92. The van der Waals surface area contributed by atoms with Gasteiger partial charge in [-0.1, -0.05) is 48.3 Å². The second-order valence-corrected chi connectivity index (χ2v) is 17.7. The number of nitrogens with one attached hydrogen (secondary N) is 4. The molecule has 388 valence electrons. The van der Waals surface area contributed by atoms with Gasteiger partial charge in [0, 0.05) is 109 Å². The molecule has 0 unspecified atom stereocenters. The molecule has 4 aromatic heterocycles. The van der Waals surface area contributed by atoms with Gasteiger partial charge in [-0.25, -0.2) is 4.98 Å². The molecule has 0 fully saturated rings. The standard InChI is InChI=1S/C51H60Cl2N10O10/c1-2-35-37(29-59-50(54)46(35)32-3-6-34(65)7-4-32)33-5-8-42(58-28-33)51(69)57-13-9-43(66)56-15-20-71-22-24-73-26-25-72-23-21-70-19-12-44(67)55-14-18-63-17-11-41(61-63)36-27-39(52)48(53)49-47(36)38-30-62(45(68)31-64)16-10-40(38)60-49/h3-8,11,17,27-29,60,64-65H,2,9-10,12-16,18-26,30-31H2,1H3,(H2,54,59)(H,55,67)(H,56,66)(H,57,69). The molecular formula is C51H60Cl2N10O10. The van der Waals surface area contributed by atoms with E-state index < -0.39 is 12.5 Å². The van der Waals surface area contributed by atoms with E-state index in [0.29, 0.717) is 119 Å². The van der Waals surface area contributed by atoms with E-state index in [-0.39, 0.29) is 55.2 Å². The number of carbonyl (C=O) groups excluding carboxylic acids is 4. The van der Waals surface area contributed by atoms with Crippen LogP contribution in [-0.4, -0.2) is 149 Å². The number of aliphatic hydroxyl groups excluding tert-OH is 1. The minimum Gasteiger partial charge on any atom is -0.508 e. The van der Waals surface area contributed by atoms with Crippen molar-refractivity contribution in [2.24, 2.45) is 0 Å². The smallest absolute Gasteiger partial charge is 0.269 e. The lowest BCUT2D eigenvalue weighted by Gasteiger charge is -2.26. The number of nitrogens with zero attached hydrogens (tertiary/aromatic N) is 5. The number of phenolic OH excluding ortho intramolecular Hbond substituents is 1. The van der Waals surface area contributed by atoms with E-state index in [1.54, 1.807) is 64.4 Å². The fraction of sp³-hybridized carbons (Fsp3) is 0.392. The van der Waals surface area contributed by atoms with Crippen molar-refractivity contribution in [3.05, 3.63) is 99.7 Å². The number of halogens is 2. The van der Waals surface area contributed by atoms with Crippen molar-refractivity contribution in [1.29, 1.82) is 0 Å². The summed E-state index contributed by atoms with van der Waals surface area (Å²) in [6, 6.07) is 13.8. The van der Waals surface area contributed by atoms with Crippen molar-refractivity contribution >= 4 is 63.6 Å². The number of phenols is 1. The van der Waals surface area contributed by atoms with Crippen molar-refractivity contribution < 1.29 is 48.3 Å². The van der Waals surface area contributed by atoms with Gasteiger partial charge in [0.05, 0.1) is 80.7 Å². The van der Waals surface area contributed by atoms with Gasteiger partial charge in [0.25, 0.3) is 5.91 Å². The number of ether oxygens (including phenoxy) is 4. The number of nitrogens with two attached hydrogens (primary N) is 1. The number of aliphatic hydroxyl groups is 1. The fourth-order valence-corrected chi connectivity index (χ4v) is 8.76. The molecular weight excluding hydrogens is 984 g/mol. The molecule has 0 saturated heterocycles. The number of aromatic hydroxyl groups is 1. The third-order valence-electron chi connectivity index (χ3n) is 12.0. The van der Waals surface area contributed by atoms with Crippen LogP contribution in [0.5, 0.6) is 5.75 Å². The Hall–Kier alpha value is -6.65. The molecule has 20 nitrogen and oxygen atoms in total. The highest BCUT2D eigenvalue weighted by molar-refractivity contribution is 6.45. The number of benzene rings is 2. The summed E-state index contributed by atoms with van der Waals surface area (Å²) in [5.41, 5.74) is 14.7. The summed E-state index contributed by atoms with van der Waals surface area (Å²) < 4.78 is 23.8. The van der Waals surface area contributed by atoms with E-state index >= 15 is 0 Å². The van der Waals surface area contributed by atoms with Gasteiger partial charge >= 0.3 is 0 Å². The molecule has 0 spiro atoms. The van der Waals surface area contributed by atoms with Crippen LogP contribution in [0.1, 0.15) is 47.1 Å². The SMILES string of the molecule is CCc1c(-c2ccc(C(=O)NCCC(=O)NCCOCCOCCOCCOCCC(=O)NCCn3ccc(-c4cc(Cl)c(Cl)c5[nH]c6c(c45)CN(C(=O)CO)CC6)n3)nc2)cnc(N)c1-c1ccc(O)cc1. The molecule has 0 bridgehead atoms. The van der Waals surface area contributed by atoms with Gasteiger partial charge in [-0.15, -0.1) is 0 Å². The number of amides is 4. The maximum absolute atomic E-state index is 12.8. The molecule has 7 rings (SSSR count). The summed E-state index contributed by atoms with van der Waals surface area (Å²) in [6.45, 7) is 6.16. The van der Waals surface area contributed by atoms with E-state index in [9.17, 15) is 29.4 Å².